The van der Waals surface area contributed by atoms with E-state index in [0.29, 0.717) is 12.8 Å². The second-order valence-electron chi connectivity index (χ2n) is 11.4. The lowest BCUT2D eigenvalue weighted by atomic mass is 9.76. The largest absolute Gasteiger partial charge is 0.479 e. The third-order valence-corrected chi connectivity index (χ3v) is 12.8. The minimum atomic E-state index is -2.77. The van der Waals surface area contributed by atoms with Crippen LogP contribution in [-0.4, -0.2) is 48.4 Å². The molecule has 6 heteroatoms. The highest BCUT2D eigenvalue weighted by Gasteiger charge is 2.54. The maximum absolute atomic E-state index is 12.0. The molecule has 6 atom stereocenters. The van der Waals surface area contributed by atoms with Crippen molar-refractivity contribution in [1.82, 2.24) is 0 Å². The second kappa shape index (κ2) is 10.1. The average molecular weight is 507 g/mol. The smallest absolute Gasteiger partial charge is 0.333 e. The quantitative estimate of drug-likeness (QED) is 0.412. The van der Waals surface area contributed by atoms with Crippen molar-refractivity contribution in [1.29, 1.82) is 0 Å². The number of carbonyl (C=O) groups is 1. The molecular weight excluding hydrogens is 468 g/mol. The van der Waals surface area contributed by atoms with Crippen molar-refractivity contribution >= 4 is 24.7 Å². The van der Waals surface area contributed by atoms with Crippen molar-refractivity contribution in [3.8, 4) is 0 Å². The Morgan fingerprint density at radius 3 is 2.08 bits per heavy atom. The summed E-state index contributed by atoms with van der Waals surface area (Å²) in [7, 11) is -2.77. The topological polar surface area (TPSA) is 76.0 Å². The number of carboxylic acid groups (broad SMARTS) is 1. The Kier molecular flexibility index (Phi) is 7.44. The fourth-order valence-electron chi connectivity index (χ4n) is 5.92. The van der Waals surface area contributed by atoms with Gasteiger partial charge in [-0.15, -0.1) is 6.58 Å². The van der Waals surface area contributed by atoms with E-state index in [1.54, 1.807) is 6.92 Å². The lowest BCUT2D eigenvalue weighted by Crippen LogP contribution is -2.67. The van der Waals surface area contributed by atoms with Gasteiger partial charge in [-0.1, -0.05) is 99.7 Å². The monoisotopic (exact) mass is 506 g/mol. The Hall–Kier alpha value is -2.51. The molecule has 0 amide bonds. The summed E-state index contributed by atoms with van der Waals surface area (Å²) in [6.07, 6.45) is 4.89. The molecular formula is C30H38O5Si. The van der Waals surface area contributed by atoms with Crippen LogP contribution >= 0.6 is 0 Å². The molecule has 1 aliphatic heterocycles. The molecule has 1 fully saturated rings. The summed E-state index contributed by atoms with van der Waals surface area (Å²) in [5.74, 6) is -1.31. The number of hydrogen-bond acceptors (Lipinski definition) is 4. The van der Waals surface area contributed by atoms with Gasteiger partial charge in [-0.3, -0.25) is 0 Å². The van der Waals surface area contributed by atoms with Gasteiger partial charge in [0.15, 0.2) is 6.10 Å². The molecule has 0 radical (unpaired) electrons. The summed E-state index contributed by atoms with van der Waals surface area (Å²) >= 11 is 0. The number of aliphatic hydroxyl groups is 1. The fourth-order valence-corrected chi connectivity index (χ4v) is 10.6. The summed E-state index contributed by atoms with van der Waals surface area (Å²) in [5, 5.41) is 22.7. The third kappa shape index (κ3) is 5.00. The van der Waals surface area contributed by atoms with E-state index in [2.05, 4.69) is 75.9 Å². The summed E-state index contributed by atoms with van der Waals surface area (Å²) < 4.78 is 13.3. The predicted molar refractivity (Wildman–Crippen MR) is 145 cm³/mol. The van der Waals surface area contributed by atoms with Crippen LogP contribution in [0.25, 0.3) is 0 Å². The molecule has 2 aromatic rings. The van der Waals surface area contributed by atoms with Crippen LogP contribution in [0.2, 0.25) is 5.04 Å². The number of carboxylic acids is 1. The zero-order chi connectivity index (χ0) is 26.1. The Morgan fingerprint density at radius 1 is 1.06 bits per heavy atom. The summed E-state index contributed by atoms with van der Waals surface area (Å²) in [4.78, 5) is 12.0. The van der Waals surface area contributed by atoms with E-state index in [0.717, 1.165) is 0 Å². The van der Waals surface area contributed by atoms with Crippen molar-refractivity contribution in [2.75, 3.05) is 0 Å². The van der Waals surface area contributed by atoms with Gasteiger partial charge in [0.05, 0.1) is 17.8 Å². The maximum atomic E-state index is 12.0. The molecule has 2 aromatic carbocycles. The van der Waals surface area contributed by atoms with E-state index in [4.69, 9.17) is 9.16 Å². The van der Waals surface area contributed by atoms with Crippen LogP contribution in [0.4, 0.5) is 0 Å². The van der Waals surface area contributed by atoms with Gasteiger partial charge in [-0.25, -0.2) is 4.79 Å². The summed E-state index contributed by atoms with van der Waals surface area (Å²) in [6, 6.07) is 21.0. The van der Waals surface area contributed by atoms with Gasteiger partial charge < -0.3 is 19.4 Å². The van der Waals surface area contributed by atoms with Crippen LogP contribution in [0.1, 0.15) is 40.5 Å². The van der Waals surface area contributed by atoms with Crippen LogP contribution in [0.3, 0.4) is 0 Å². The van der Waals surface area contributed by atoms with Crippen LogP contribution < -0.4 is 10.4 Å². The van der Waals surface area contributed by atoms with Crippen LogP contribution in [-0.2, 0) is 14.0 Å². The number of benzene rings is 2. The van der Waals surface area contributed by atoms with Crippen molar-refractivity contribution in [2.24, 2.45) is 11.8 Å². The van der Waals surface area contributed by atoms with Crippen LogP contribution in [0.15, 0.2) is 85.5 Å². The Bertz CT molecular complexity index is 1050. The van der Waals surface area contributed by atoms with Crippen LogP contribution in [0.5, 0.6) is 0 Å². The molecule has 1 aliphatic carbocycles. The first kappa shape index (κ1) is 26.5. The van der Waals surface area contributed by atoms with E-state index in [1.807, 2.05) is 24.3 Å². The molecule has 192 valence electrons. The second-order valence-corrected chi connectivity index (χ2v) is 15.6. The van der Waals surface area contributed by atoms with E-state index < -0.39 is 32.1 Å². The number of aliphatic carboxylic acids is 1. The van der Waals surface area contributed by atoms with Crippen molar-refractivity contribution in [2.45, 2.75) is 69.5 Å². The van der Waals surface area contributed by atoms with Gasteiger partial charge in [0.1, 0.15) is 0 Å². The third-order valence-electron chi connectivity index (χ3n) is 7.74. The summed E-state index contributed by atoms with van der Waals surface area (Å²) in [5.41, 5.74) is -1.14. The van der Waals surface area contributed by atoms with E-state index in [1.165, 1.54) is 16.4 Å². The molecule has 1 saturated heterocycles. The predicted octanol–water partition coefficient (Wildman–Crippen LogP) is 4.30. The van der Waals surface area contributed by atoms with Crippen molar-refractivity contribution < 1.29 is 24.2 Å². The first-order valence-electron chi connectivity index (χ1n) is 12.7. The van der Waals surface area contributed by atoms with Gasteiger partial charge in [0.2, 0.25) is 0 Å². The molecule has 5 nitrogen and oxygen atoms in total. The average Bonchev–Trinajstić information content (AvgIpc) is 3.20. The maximum Gasteiger partial charge on any atom is 0.333 e. The number of ether oxygens (including phenoxy) is 1. The molecule has 1 unspecified atom stereocenters. The van der Waals surface area contributed by atoms with Gasteiger partial charge in [-0.2, -0.15) is 0 Å². The molecule has 2 aliphatic rings. The van der Waals surface area contributed by atoms with Crippen molar-refractivity contribution in [3.05, 3.63) is 85.5 Å². The Labute approximate surface area is 215 Å². The highest BCUT2D eigenvalue weighted by atomic mass is 28.4. The Balaban J connectivity index is 1.74. The molecule has 36 heavy (non-hydrogen) atoms. The lowest BCUT2D eigenvalue weighted by molar-refractivity contribution is -0.151. The fraction of sp³-hybridized carbons (Fsp3) is 0.433. The molecule has 0 spiro atoms. The molecule has 0 aromatic heterocycles. The number of rotatable bonds is 8. The van der Waals surface area contributed by atoms with Gasteiger partial charge in [0.25, 0.3) is 8.32 Å². The lowest BCUT2D eigenvalue weighted by Gasteiger charge is -2.46. The van der Waals surface area contributed by atoms with Crippen LogP contribution in [0, 0.1) is 11.8 Å². The van der Waals surface area contributed by atoms with Gasteiger partial charge in [0, 0.05) is 12.3 Å². The first-order valence-corrected chi connectivity index (χ1v) is 14.6. The highest BCUT2D eigenvalue weighted by molar-refractivity contribution is 6.99. The Morgan fingerprint density at radius 2 is 1.61 bits per heavy atom. The van der Waals surface area contributed by atoms with Gasteiger partial charge >= 0.3 is 5.97 Å². The molecule has 4 rings (SSSR count). The molecule has 1 heterocycles. The molecule has 0 saturated carbocycles. The first-order chi connectivity index (χ1) is 17.0. The van der Waals surface area contributed by atoms with E-state index in [9.17, 15) is 15.0 Å². The van der Waals surface area contributed by atoms with Crippen molar-refractivity contribution in [3.63, 3.8) is 0 Å². The standard InChI is InChI=1S/C30H38O5Si/c1-6-30(5,33)20-26-25-19-21(17-18-24(25)27(34-26)28(31)32)35-36(29(2,3)4,22-13-9-7-10-14-22)23-15-11-8-12-16-23/h6-18,21,24-27,33H,1,19-20H2,2-5H3,(H,31,32)/t21-,24+,25-,26+,27+,30?/m0/s1. The zero-order valence-corrected chi connectivity index (χ0v) is 22.6. The number of hydrogen-bond donors (Lipinski definition) is 2. The number of fused-ring (bicyclic) bond motifs is 1. The minimum absolute atomic E-state index is 0.0780. The van der Waals surface area contributed by atoms with Gasteiger partial charge in [-0.05, 0) is 34.7 Å². The molecule has 2 N–H and O–H groups in total. The SMILES string of the molecule is C=CC(C)(O)C[C@H]1O[C@@H](C(=O)O)[C@@H]2C=C[C@H](O[Si](c3ccccc3)(c3ccccc3)C(C)(C)C)C[C@@H]21. The molecule has 0 bridgehead atoms. The van der Waals surface area contributed by atoms with E-state index in [-0.39, 0.29) is 23.0 Å². The summed E-state index contributed by atoms with van der Waals surface area (Å²) in [6.45, 7) is 12.2. The van der Waals surface area contributed by atoms with E-state index >= 15 is 0 Å². The normalized spacial score (nSPS) is 27.8. The highest BCUT2D eigenvalue weighted by Crippen LogP contribution is 2.45. The zero-order valence-electron chi connectivity index (χ0n) is 21.6. The minimum Gasteiger partial charge on any atom is -0.479 e.